The van der Waals surface area contributed by atoms with Gasteiger partial charge < -0.3 is 29.1 Å². The van der Waals surface area contributed by atoms with Crippen molar-refractivity contribution in [1.29, 1.82) is 0 Å². The van der Waals surface area contributed by atoms with Gasteiger partial charge in [0.15, 0.2) is 12.0 Å². The molecule has 1 aromatic heterocycles. The summed E-state index contributed by atoms with van der Waals surface area (Å²) >= 11 is 0. The molecule has 0 aliphatic carbocycles. The fourth-order valence-electron chi connectivity index (χ4n) is 2.35. The van der Waals surface area contributed by atoms with Gasteiger partial charge >= 0.3 is 35.7 Å². The van der Waals surface area contributed by atoms with E-state index in [1.807, 2.05) is 0 Å². The number of rotatable bonds is 7. The molecule has 0 atom stereocenters. The Morgan fingerprint density at radius 3 is 2.06 bits per heavy atom. The van der Waals surface area contributed by atoms with Crippen LogP contribution in [-0.4, -0.2) is 76.7 Å². The molecule has 4 amide bonds. The molecule has 178 valence electrons. The van der Waals surface area contributed by atoms with E-state index in [0.717, 1.165) is 18.1 Å². The maximum absolute atomic E-state index is 12.9. The molecule has 2 N–H and O–H groups in total. The number of hydrogen-bond donors (Lipinski definition) is 2. The number of anilines is 2. The van der Waals surface area contributed by atoms with Gasteiger partial charge in [-0.15, -0.1) is 0 Å². The molecule has 0 aliphatic rings. The minimum absolute atomic E-state index is 0. The molecule has 16 heteroatoms. The molecular weight excluding hydrogens is 483 g/mol. The minimum Gasteiger partial charge on any atom is -0.481 e. The van der Waals surface area contributed by atoms with Crippen molar-refractivity contribution < 1.29 is 66.6 Å². The molecule has 0 radical (unpaired) electrons. The van der Waals surface area contributed by atoms with Crippen molar-refractivity contribution in [3.8, 4) is 11.8 Å². The topological polar surface area (TPSA) is 180 Å². The molecule has 1 aromatic carbocycles. The maximum Gasteiger partial charge on any atom is 1.00 e. The van der Waals surface area contributed by atoms with E-state index in [1.165, 1.54) is 46.5 Å². The number of nitrogens with one attached hydrogen (secondary N) is 2. The van der Waals surface area contributed by atoms with Crippen molar-refractivity contribution in [3.63, 3.8) is 0 Å². The Balaban J connectivity index is 0.00000578. The van der Waals surface area contributed by atoms with E-state index in [9.17, 15) is 22.8 Å². The third-order valence-corrected chi connectivity index (χ3v) is 5.15. The Kier molecular flexibility index (Phi) is 10.5. The third-order valence-electron chi connectivity index (χ3n) is 3.85. The van der Waals surface area contributed by atoms with E-state index >= 15 is 0 Å². The van der Waals surface area contributed by atoms with Gasteiger partial charge in [0, 0.05) is 19.8 Å². The van der Waals surface area contributed by atoms with E-state index in [2.05, 4.69) is 30.1 Å². The summed E-state index contributed by atoms with van der Waals surface area (Å²) in [5.74, 6) is -0.920. The van der Waals surface area contributed by atoms with Crippen LogP contribution in [0.4, 0.5) is 21.2 Å². The molecule has 14 nitrogen and oxygen atoms in total. The Labute approximate surface area is 217 Å². The molecule has 0 saturated heterocycles. The van der Waals surface area contributed by atoms with E-state index in [1.54, 1.807) is 0 Å². The smallest absolute Gasteiger partial charge is 0.481 e. The number of sulfonamides is 1. The SMILES string of the molecule is COC(=O)Nc1ccc(C(=O)N(C)C)c(S(=O)(=O)[N-]C(=O)Nc2nc(OC)cc(OC)n2)c1.[Na+]. The molecule has 1 heterocycles. The van der Waals surface area contributed by atoms with E-state index in [-0.39, 0.29) is 58.5 Å². The molecule has 34 heavy (non-hydrogen) atoms. The van der Waals surface area contributed by atoms with Crippen molar-refractivity contribution in [3.05, 3.63) is 34.6 Å². The first-order valence-corrected chi connectivity index (χ1v) is 10.4. The van der Waals surface area contributed by atoms with Crippen molar-refractivity contribution >= 4 is 39.7 Å². The average Bonchev–Trinajstić information content (AvgIpc) is 2.77. The van der Waals surface area contributed by atoms with Crippen LogP contribution in [0.15, 0.2) is 29.2 Å². The minimum atomic E-state index is -4.73. The Hall–Kier alpha value is -3.14. The summed E-state index contributed by atoms with van der Waals surface area (Å²) in [7, 11) is 1.85. The van der Waals surface area contributed by atoms with Crippen molar-refractivity contribution in [2.75, 3.05) is 46.1 Å². The molecule has 0 aliphatic heterocycles. The predicted octanol–water partition coefficient (Wildman–Crippen LogP) is -1.33. The Bertz CT molecular complexity index is 1150. The largest absolute Gasteiger partial charge is 1.00 e. The maximum atomic E-state index is 12.9. The Morgan fingerprint density at radius 2 is 1.56 bits per heavy atom. The number of benzene rings is 1. The monoisotopic (exact) mass is 504 g/mol. The van der Waals surface area contributed by atoms with Crippen LogP contribution in [-0.2, 0) is 14.8 Å². The fourth-order valence-corrected chi connectivity index (χ4v) is 3.42. The van der Waals surface area contributed by atoms with Crippen LogP contribution in [0.1, 0.15) is 10.4 Å². The van der Waals surface area contributed by atoms with Crippen LogP contribution in [0, 0.1) is 0 Å². The standard InChI is InChI=1S/C18H22N6O8S.Na/c1-24(2)15(25)11-7-6-10(19-18(27)32-5)8-12(11)33(28,29)23-17(26)22-16-20-13(30-3)9-14(21-16)31-4;/h6-9H,1-5H3,(H3,19,20,21,22,23,25,26,27);/q;+1/p-1. The number of urea groups is 1. The second-order valence-electron chi connectivity index (χ2n) is 6.30. The summed E-state index contributed by atoms with van der Waals surface area (Å²) < 4.78 is 43.3. The predicted molar refractivity (Wildman–Crippen MR) is 115 cm³/mol. The second-order valence-corrected chi connectivity index (χ2v) is 7.87. The van der Waals surface area contributed by atoms with Crippen molar-refractivity contribution in [2.45, 2.75) is 4.90 Å². The zero-order valence-corrected chi connectivity index (χ0v) is 22.1. The number of carbonyl (C=O) groups excluding carboxylic acids is 3. The van der Waals surface area contributed by atoms with Gasteiger partial charge in [-0.25, -0.2) is 13.2 Å². The molecule has 0 unspecified atom stereocenters. The summed E-state index contributed by atoms with van der Waals surface area (Å²) in [6, 6.07) is 3.43. The average molecular weight is 504 g/mol. The van der Waals surface area contributed by atoms with Crippen molar-refractivity contribution in [2.24, 2.45) is 0 Å². The first-order valence-electron chi connectivity index (χ1n) is 8.97. The van der Waals surface area contributed by atoms with Gasteiger partial charge in [-0.05, 0) is 18.2 Å². The number of carbonyl (C=O) groups is 3. The zero-order valence-electron chi connectivity index (χ0n) is 19.3. The van der Waals surface area contributed by atoms with Crippen LogP contribution in [0.3, 0.4) is 0 Å². The molecular formula is C18H21N6NaO8S. The number of hydrogen-bond acceptors (Lipinski definition) is 10. The van der Waals surface area contributed by atoms with Gasteiger partial charge in [0.2, 0.25) is 21.8 Å². The molecule has 0 bridgehead atoms. The van der Waals surface area contributed by atoms with Gasteiger partial charge in [0.1, 0.15) is 0 Å². The molecule has 0 spiro atoms. The van der Waals surface area contributed by atoms with Crippen LogP contribution < -0.4 is 49.7 Å². The van der Waals surface area contributed by atoms with Gasteiger partial charge in [-0.2, -0.15) is 9.97 Å². The number of ether oxygens (including phenoxy) is 3. The van der Waals surface area contributed by atoms with E-state index in [0.29, 0.717) is 0 Å². The zero-order chi connectivity index (χ0) is 24.8. The molecule has 2 rings (SSSR count). The van der Waals surface area contributed by atoms with Crippen molar-refractivity contribution in [1.82, 2.24) is 14.9 Å². The van der Waals surface area contributed by atoms with Gasteiger partial charge in [0.05, 0.1) is 37.9 Å². The van der Waals surface area contributed by atoms with Gasteiger partial charge in [0.25, 0.3) is 5.91 Å². The normalized spacial score (nSPS) is 10.3. The number of aromatic nitrogens is 2. The molecule has 0 fully saturated rings. The first kappa shape index (κ1) is 28.9. The number of nitrogens with zero attached hydrogens (tertiary/aromatic N) is 4. The third kappa shape index (κ3) is 7.44. The summed E-state index contributed by atoms with van der Waals surface area (Å²) in [6.07, 6.45) is -0.871. The number of methoxy groups -OCH3 is 3. The second kappa shape index (κ2) is 12.4. The fraction of sp³-hybridized carbons (Fsp3) is 0.278. The first-order chi connectivity index (χ1) is 15.5. The molecule has 2 aromatic rings. The summed E-state index contributed by atoms with van der Waals surface area (Å²) in [5, 5.41) is 4.37. The molecule has 0 saturated carbocycles. The van der Waals surface area contributed by atoms with Crippen LogP contribution in [0.2, 0.25) is 0 Å². The van der Waals surface area contributed by atoms with Crippen LogP contribution >= 0.6 is 0 Å². The summed E-state index contributed by atoms with van der Waals surface area (Å²) in [5.41, 5.74) is -0.279. The quantitative estimate of drug-likeness (QED) is 0.429. The van der Waals surface area contributed by atoms with Gasteiger partial charge in [-0.1, -0.05) is 0 Å². The van der Waals surface area contributed by atoms with Gasteiger partial charge in [-0.3, -0.25) is 14.9 Å². The van der Waals surface area contributed by atoms with E-state index < -0.39 is 33.0 Å². The van der Waals surface area contributed by atoms with Crippen LogP contribution in [0.5, 0.6) is 11.8 Å². The summed E-state index contributed by atoms with van der Waals surface area (Å²) in [4.78, 5) is 44.5. The van der Waals surface area contributed by atoms with E-state index in [4.69, 9.17) is 9.47 Å². The van der Waals surface area contributed by atoms with Crippen LogP contribution in [0.25, 0.3) is 4.72 Å². The Morgan fingerprint density at radius 1 is 0.971 bits per heavy atom. The number of amides is 4. The summed E-state index contributed by atoms with van der Waals surface area (Å²) in [6.45, 7) is 0.